The number of nitrogens with one attached hydrogen (secondary N) is 3. The van der Waals surface area contributed by atoms with E-state index in [1.54, 1.807) is 26.1 Å². The van der Waals surface area contributed by atoms with E-state index in [0.29, 0.717) is 18.4 Å². The Bertz CT molecular complexity index is 1580. The number of carbonyl (C=O) groups is 4. The summed E-state index contributed by atoms with van der Waals surface area (Å²) >= 11 is 0. The van der Waals surface area contributed by atoms with E-state index in [1.165, 1.54) is 17.0 Å². The molecule has 0 saturated heterocycles. The van der Waals surface area contributed by atoms with Gasteiger partial charge in [-0.05, 0) is 68.9 Å². The molecule has 0 saturated carbocycles. The lowest BCUT2D eigenvalue weighted by Crippen LogP contribution is -2.55. The van der Waals surface area contributed by atoms with E-state index in [2.05, 4.69) is 21.7 Å². The number of aromatic nitrogens is 1. The van der Waals surface area contributed by atoms with Crippen molar-refractivity contribution in [2.75, 3.05) is 7.05 Å². The standard InChI is InChI=1S/C36H46N4O6/c1-21-15-22(2)17-24(4)46-33(42)19-31(26-11-13-28(41)14-12-26)39-35(44)32(18-27-20-37-30-10-8-7-9-29(27)30)40(6)36(45)25(5)38-34(43)23(3)16-21/h7-15,20,22-25,31-32,37,41H,16-19H2,1-6H3,(H,38,43)(H,39,44)/b21-15-/t22-,23-,24-,25-,31+,32+/m0/s1. The number of phenolic OH excluding ortho intramolecular Hbond substituents is 1. The van der Waals surface area contributed by atoms with Crippen LogP contribution in [-0.4, -0.2) is 63.9 Å². The van der Waals surface area contributed by atoms with Gasteiger partial charge >= 0.3 is 5.97 Å². The summed E-state index contributed by atoms with van der Waals surface area (Å²) in [5.74, 6) is -1.86. The minimum Gasteiger partial charge on any atom is -0.508 e. The normalized spacial score (nSPS) is 27.4. The van der Waals surface area contributed by atoms with Crippen LogP contribution in [0.1, 0.15) is 71.0 Å². The number of likely N-dealkylation sites (N-methyl/N-ethyl adjacent to an activating group) is 1. The van der Waals surface area contributed by atoms with Gasteiger partial charge in [-0.1, -0.05) is 55.8 Å². The fourth-order valence-corrected chi connectivity index (χ4v) is 6.23. The van der Waals surface area contributed by atoms with Gasteiger partial charge in [-0.2, -0.15) is 0 Å². The molecule has 0 unspecified atom stereocenters. The number of cyclic esters (lactones) is 1. The summed E-state index contributed by atoms with van der Waals surface area (Å²) in [6.07, 6.45) is 4.66. The summed E-state index contributed by atoms with van der Waals surface area (Å²) in [6.45, 7) is 9.28. The molecule has 0 aliphatic carbocycles. The van der Waals surface area contributed by atoms with Gasteiger partial charge in [0.2, 0.25) is 17.7 Å². The summed E-state index contributed by atoms with van der Waals surface area (Å²) < 4.78 is 5.78. The predicted octanol–water partition coefficient (Wildman–Crippen LogP) is 4.94. The molecule has 4 N–H and O–H groups in total. The monoisotopic (exact) mass is 630 g/mol. The molecule has 3 aromatic rings. The summed E-state index contributed by atoms with van der Waals surface area (Å²) in [4.78, 5) is 58.9. The van der Waals surface area contributed by atoms with E-state index in [1.807, 2.05) is 58.2 Å². The van der Waals surface area contributed by atoms with Crippen LogP contribution in [0.4, 0.5) is 0 Å². The van der Waals surface area contributed by atoms with Gasteiger partial charge in [0.05, 0.1) is 18.6 Å². The molecule has 0 spiro atoms. The number of allylic oxidation sites excluding steroid dienone is 2. The van der Waals surface area contributed by atoms with E-state index in [9.17, 15) is 24.3 Å². The van der Waals surface area contributed by atoms with Crippen LogP contribution >= 0.6 is 0 Å². The zero-order valence-electron chi connectivity index (χ0n) is 27.5. The molecular formula is C36H46N4O6. The lowest BCUT2D eigenvalue weighted by Gasteiger charge is -2.31. The molecule has 0 radical (unpaired) electrons. The van der Waals surface area contributed by atoms with Crippen LogP contribution < -0.4 is 10.6 Å². The first kappa shape index (κ1) is 34.3. The van der Waals surface area contributed by atoms with Crippen molar-refractivity contribution in [3.63, 3.8) is 0 Å². The number of para-hydroxylation sites is 1. The van der Waals surface area contributed by atoms with Crippen molar-refractivity contribution in [1.29, 1.82) is 0 Å². The smallest absolute Gasteiger partial charge is 0.308 e. The molecule has 1 aliphatic heterocycles. The SMILES string of the molecule is C/C1=C/[C@H](C)C[C@H](C)OC(=O)C[C@H](c2ccc(O)cc2)NC(=O)[C@@H](Cc2c[nH]c3ccccc23)N(C)C(=O)[C@H](C)NC(=O)[C@@H](C)C1. The van der Waals surface area contributed by atoms with Crippen molar-refractivity contribution >= 4 is 34.6 Å². The average Bonchev–Trinajstić information content (AvgIpc) is 3.41. The number of benzene rings is 2. The minimum absolute atomic E-state index is 0.0487. The number of rotatable bonds is 3. The van der Waals surface area contributed by atoms with Crippen LogP contribution in [0.25, 0.3) is 10.9 Å². The Morgan fingerprint density at radius 1 is 0.913 bits per heavy atom. The molecule has 2 heterocycles. The van der Waals surface area contributed by atoms with E-state index in [-0.39, 0.29) is 42.4 Å². The van der Waals surface area contributed by atoms with Gasteiger partial charge in [0.25, 0.3) is 0 Å². The molecule has 46 heavy (non-hydrogen) atoms. The van der Waals surface area contributed by atoms with E-state index < -0.39 is 35.9 Å². The van der Waals surface area contributed by atoms with Crippen molar-refractivity contribution in [2.24, 2.45) is 11.8 Å². The Morgan fingerprint density at radius 2 is 1.61 bits per heavy atom. The highest BCUT2D eigenvalue weighted by molar-refractivity contribution is 5.93. The number of hydrogen-bond acceptors (Lipinski definition) is 6. The highest BCUT2D eigenvalue weighted by Crippen LogP contribution is 2.25. The van der Waals surface area contributed by atoms with Crippen LogP contribution in [0.3, 0.4) is 0 Å². The molecule has 10 nitrogen and oxygen atoms in total. The van der Waals surface area contributed by atoms with Crippen molar-refractivity contribution in [3.8, 4) is 5.75 Å². The number of aromatic hydroxyl groups is 1. The fraction of sp³-hybridized carbons (Fsp3) is 0.444. The Kier molecular flexibility index (Phi) is 11.3. The second-order valence-electron chi connectivity index (χ2n) is 12.7. The van der Waals surface area contributed by atoms with E-state index in [4.69, 9.17) is 4.74 Å². The van der Waals surface area contributed by atoms with Gasteiger partial charge in [-0.15, -0.1) is 0 Å². The topological polar surface area (TPSA) is 141 Å². The number of phenols is 1. The number of hydrogen-bond donors (Lipinski definition) is 4. The fourth-order valence-electron chi connectivity index (χ4n) is 6.23. The lowest BCUT2D eigenvalue weighted by atomic mass is 9.95. The highest BCUT2D eigenvalue weighted by atomic mass is 16.5. The second kappa shape index (κ2) is 15.1. The summed E-state index contributed by atoms with van der Waals surface area (Å²) in [5, 5.41) is 16.7. The number of ether oxygens (including phenoxy) is 1. The quantitative estimate of drug-likeness (QED) is 0.239. The Labute approximate surface area is 270 Å². The molecule has 2 aromatic carbocycles. The second-order valence-corrected chi connectivity index (χ2v) is 12.7. The van der Waals surface area contributed by atoms with Crippen LogP contribution in [0, 0.1) is 11.8 Å². The minimum atomic E-state index is -0.980. The summed E-state index contributed by atoms with van der Waals surface area (Å²) in [6, 6.07) is 11.3. The van der Waals surface area contributed by atoms with Crippen molar-refractivity contribution in [3.05, 3.63) is 77.5 Å². The summed E-state index contributed by atoms with van der Waals surface area (Å²) in [5.41, 5.74) is 3.37. The first-order chi connectivity index (χ1) is 21.8. The third kappa shape index (κ3) is 8.77. The Balaban J connectivity index is 1.72. The Hall–Kier alpha value is -4.60. The average molecular weight is 631 g/mol. The molecule has 1 aromatic heterocycles. The molecule has 3 amide bonds. The Morgan fingerprint density at radius 3 is 2.33 bits per heavy atom. The molecule has 6 atom stereocenters. The zero-order chi connectivity index (χ0) is 33.5. The number of carbonyl (C=O) groups excluding carboxylic acids is 4. The molecule has 0 bridgehead atoms. The van der Waals surface area contributed by atoms with Gasteiger partial charge in [0, 0.05) is 36.5 Å². The first-order valence-electron chi connectivity index (χ1n) is 15.9. The van der Waals surface area contributed by atoms with Crippen molar-refractivity contribution in [2.45, 2.75) is 84.5 Å². The number of aromatic amines is 1. The molecule has 1 aliphatic rings. The molecule has 246 valence electrons. The molecular weight excluding hydrogens is 584 g/mol. The molecule has 4 rings (SSSR count). The van der Waals surface area contributed by atoms with Gasteiger partial charge in [0.1, 0.15) is 17.8 Å². The number of esters is 1. The number of amides is 3. The lowest BCUT2D eigenvalue weighted by molar-refractivity contribution is -0.149. The number of H-pyrrole nitrogens is 1. The van der Waals surface area contributed by atoms with Gasteiger partial charge in [-0.3, -0.25) is 19.2 Å². The zero-order valence-corrected chi connectivity index (χ0v) is 27.5. The van der Waals surface area contributed by atoms with Crippen LogP contribution in [0.15, 0.2) is 66.4 Å². The largest absolute Gasteiger partial charge is 0.508 e. The van der Waals surface area contributed by atoms with Crippen molar-refractivity contribution in [1.82, 2.24) is 20.5 Å². The van der Waals surface area contributed by atoms with Gasteiger partial charge in [0.15, 0.2) is 0 Å². The third-order valence-electron chi connectivity index (χ3n) is 8.60. The van der Waals surface area contributed by atoms with Crippen LogP contribution in [0.5, 0.6) is 5.75 Å². The van der Waals surface area contributed by atoms with Crippen molar-refractivity contribution < 1.29 is 29.0 Å². The van der Waals surface area contributed by atoms with Gasteiger partial charge in [-0.25, -0.2) is 0 Å². The van der Waals surface area contributed by atoms with E-state index >= 15 is 0 Å². The number of nitrogens with zero attached hydrogens (tertiary/aromatic N) is 1. The summed E-state index contributed by atoms with van der Waals surface area (Å²) in [7, 11) is 1.55. The maximum Gasteiger partial charge on any atom is 0.308 e. The predicted molar refractivity (Wildman–Crippen MR) is 177 cm³/mol. The molecule has 10 heteroatoms. The molecule has 0 fully saturated rings. The third-order valence-corrected chi connectivity index (χ3v) is 8.60. The van der Waals surface area contributed by atoms with Crippen LogP contribution in [0.2, 0.25) is 0 Å². The van der Waals surface area contributed by atoms with Gasteiger partial charge < -0.3 is 30.4 Å². The highest BCUT2D eigenvalue weighted by Gasteiger charge is 2.33. The number of fused-ring (bicyclic) bond motifs is 1. The van der Waals surface area contributed by atoms with Crippen LogP contribution in [-0.2, 0) is 30.3 Å². The van der Waals surface area contributed by atoms with E-state index in [0.717, 1.165) is 22.0 Å². The maximum atomic E-state index is 14.2. The maximum absolute atomic E-state index is 14.2. The first-order valence-corrected chi connectivity index (χ1v) is 15.9.